The molecule has 1 rings (SSSR count). The first-order chi connectivity index (χ1) is 8.39. The van der Waals surface area contributed by atoms with Crippen molar-refractivity contribution in [3.05, 3.63) is 16.4 Å². The number of ether oxygens (including phenoxy) is 1. The van der Waals surface area contributed by atoms with Crippen LogP contribution in [-0.4, -0.2) is 28.5 Å². The first-order valence-corrected chi connectivity index (χ1v) is 6.79. The maximum Gasteiger partial charge on any atom is 0.0847 e. The molecule has 0 fully saturated rings. The fourth-order valence-corrected chi connectivity index (χ4v) is 2.26. The predicted molar refractivity (Wildman–Crippen MR) is 75.0 cm³/mol. The number of nitrogens with two attached hydrogens (primary N) is 1. The van der Waals surface area contributed by atoms with Crippen LogP contribution in [0, 0.1) is 6.92 Å². The third-order valence-corrected chi connectivity index (χ3v) is 4.31. The summed E-state index contributed by atoms with van der Waals surface area (Å²) < 4.78 is 7.46. The fourth-order valence-electron chi connectivity index (χ4n) is 2.05. The first kappa shape index (κ1) is 15.5. The molecule has 104 valence electrons. The fraction of sp³-hybridized carbons (Fsp3) is 0.769. The molecule has 1 heterocycles. The van der Waals surface area contributed by atoms with E-state index in [1.807, 2.05) is 25.5 Å². The largest absolute Gasteiger partial charge is 0.377 e. The molecule has 0 radical (unpaired) electrons. The van der Waals surface area contributed by atoms with E-state index in [1.165, 1.54) is 0 Å². The lowest BCUT2D eigenvalue weighted by molar-refractivity contribution is -0.0188. The van der Waals surface area contributed by atoms with E-state index in [9.17, 15) is 0 Å². The second-order valence-electron chi connectivity index (χ2n) is 4.84. The second-order valence-corrected chi connectivity index (χ2v) is 5.22. The average Bonchev–Trinajstić information content (AvgIpc) is 2.65. The summed E-state index contributed by atoms with van der Waals surface area (Å²) in [4.78, 5) is 0. The molecule has 1 aromatic rings. The van der Waals surface area contributed by atoms with Crippen molar-refractivity contribution in [3.63, 3.8) is 0 Å². The molecule has 0 bridgehead atoms. The van der Waals surface area contributed by atoms with E-state index in [-0.39, 0.29) is 11.6 Å². The highest BCUT2D eigenvalue weighted by Gasteiger charge is 2.31. The molecule has 2 unspecified atom stereocenters. The number of hydrogen-bond acceptors (Lipinski definition) is 3. The Balaban J connectivity index is 2.97. The number of rotatable bonds is 6. The van der Waals surface area contributed by atoms with Crippen molar-refractivity contribution in [2.24, 2.45) is 5.73 Å². The number of nitrogens with zero attached hydrogens (tertiary/aromatic N) is 2. The minimum Gasteiger partial charge on any atom is -0.377 e. The summed E-state index contributed by atoms with van der Waals surface area (Å²) in [7, 11) is 1.70. The lowest BCUT2D eigenvalue weighted by Gasteiger charge is -2.33. The van der Waals surface area contributed by atoms with Gasteiger partial charge in [0, 0.05) is 26.1 Å². The minimum atomic E-state index is -0.333. The van der Waals surface area contributed by atoms with Crippen LogP contribution in [0.5, 0.6) is 0 Å². The molecule has 0 aliphatic rings. The first-order valence-electron chi connectivity index (χ1n) is 6.42. The topological polar surface area (TPSA) is 53.1 Å². The highest BCUT2D eigenvalue weighted by molar-refractivity contribution is 6.31. The van der Waals surface area contributed by atoms with E-state index in [0.717, 1.165) is 29.4 Å². The zero-order valence-electron chi connectivity index (χ0n) is 12.0. The summed E-state index contributed by atoms with van der Waals surface area (Å²) in [5.41, 5.74) is 7.81. The van der Waals surface area contributed by atoms with Gasteiger partial charge >= 0.3 is 0 Å². The molecular formula is C13H24ClN3O. The van der Waals surface area contributed by atoms with Gasteiger partial charge in [-0.2, -0.15) is 5.10 Å². The maximum absolute atomic E-state index is 6.29. The van der Waals surface area contributed by atoms with Crippen molar-refractivity contribution in [3.8, 4) is 0 Å². The number of halogens is 1. The Hall–Kier alpha value is -0.580. The monoisotopic (exact) mass is 273 g/mol. The standard InChI is InChI=1S/C13H24ClN3O/c1-6-13(4,18-5)11(15)8-10-12(14)9(3)16-17(10)7-2/h11H,6-8,15H2,1-5H3. The van der Waals surface area contributed by atoms with Gasteiger partial charge in [0.1, 0.15) is 0 Å². The van der Waals surface area contributed by atoms with Gasteiger partial charge in [0.05, 0.1) is 22.0 Å². The maximum atomic E-state index is 6.29. The zero-order chi connectivity index (χ0) is 13.9. The highest BCUT2D eigenvalue weighted by Crippen LogP contribution is 2.26. The van der Waals surface area contributed by atoms with Gasteiger partial charge in [0.2, 0.25) is 0 Å². The van der Waals surface area contributed by atoms with Crippen LogP contribution >= 0.6 is 11.6 Å². The van der Waals surface area contributed by atoms with Gasteiger partial charge in [-0.1, -0.05) is 18.5 Å². The van der Waals surface area contributed by atoms with E-state index in [2.05, 4.69) is 12.0 Å². The molecule has 2 atom stereocenters. The lowest BCUT2D eigenvalue weighted by Crippen LogP contribution is -2.48. The van der Waals surface area contributed by atoms with E-state index >= 15 is 0 Å². The van der Waals surface area contributed by atoms with Crippen LogP contribution in [0.15, 0.2) is 0 Å². The SMILES string of the molecule is CCn1nc(C)c(Cl)c1CC(N)C(C)(CC)OC. The highest BCUT2D eigenvalue weighted by atomic mass is 35.5. The van der Waals surface area contributed by atoms with Crippen molar-refractivity contribution >= 4 is 11.6 Å². The number of hydrogen-bond donors (Lipinski definition) is 1. The van der Waals surface area contributed by atoms with E-state index in [4.69, 9.17) is 22.1 Å². The van der Waals surface area contributed by atoms with Gasteiger partial charge in [-0.15, -0.1) is 0 Å². The van der Waals surface area contributed by atoms with Gasteiger partial charge in [0.25, 0.3) is 0 Å². The molecule has 5 heteroatoms. The third kappa shape index (κ3) is 2.87. The Kier molecular flexibility index (Phi) is 5.20. The molecule has 0 aromatic carbocycles. The summed E-state index contributed by atoms with van der Waals surface area (Å²) in [5.74, 6) is 0. The van der Waals surface area contributed by atoms with E-state index in [0.29, 0.717) is 6.42 Å². The van der Waals surface area contributed by atoms with E-state index in [1.54, 1.807) is 7.11 Å². The zero-order valence-corrected chi connectivity index (χ0v) is 12.7. The Labute approximate surface area is 114 Å². The molecule has 0 spiro atoms. The van der Waals surface area contributed by atoms with Crippen molar-refractivity contribution < 1.29 is 4.74 Å². The quantitative estimate of drug-likeness (QED) is 0.867. The minimum absolute atomic E-state index is 0.105. The predicted octanol–water partition coefficient (Wildman–Crippen LogP) is 2.55. The average molecular weight is 274 g/mol. The van der Waals surface area contributed by atoms with E-state index < -0.39 is 0 Å². The van der Waals surface area contributed by atoms with Gasteiger partial charge in [-0.3, -0.25) is 4.68 Å². The molecule has 0 amide bonds. The molecule has 18 heavy (non-hydrogen) atoms. The van der Waals surface area contributed by atoms with Crippen LogP contribution in [0.1, 0.15) is 38.6 Å². The molecule has 1 aromatic heterocycles. The van der Waals surface area contributed by atoms with Crippen molar-refractivity contribution in [1.29, 1.82) is 0 Å². The van der Waals surface area contributed by atoms with Gasteiger partial charge < -0.3 is 10.5 Å². The van der Waals surface area contributed by atoms with Gasteiger partial charge in [-0.05, 0) is 27.2 Å². The van der Waals surface area contributed by atoms with Crippen molar-refractivity contribution in [1.82, 2.24) is 9.78 Å². The third-order valence-electron chi connectivity index (χ3n) is 3.82. The number of aryl methyl sites for hydroxylation is 2. The van der Waals surface area contributed by atoms with Crippen LogP contribution in [0.2, 0.25) is 5.02 Å². The molecule has 0 aliphatic carbocycles. The Morgan fingerprint density at radius 3 is 2.56 bits per heavy atom. The van der Waals surface area contributed by atoms with Crippen LogP contribution in [0.25, 0.3) is 0 Å². The van der Waals surface area contributed by atoms with Crippen LogP contribution in [0.4, 0.5) is 0 Å². The second kappa shape index (κ2) is 6.04. The Morgan fingerprint density at radius 2 is 2.11 bits per heavy atom. The van der Waals surface area contributed by atoms with Gasteiger partial charge in [-0.25, -0.2) is 0 Å². The summed E-state index contributed by atoms with van der Waals surface area (Å²) in [6.07, 6.45) is 1.53. The normalized spacial score (nSPS) is 16.6. The molecule has 0 saturated carbocycles. The van der Waals surface area contributed by atoms with Crippen LogP contribution in [0.3, 0.4) is 0 Å². The molecule has 4 nitrogen and oxygen atoms in total. The van der Waals surface area contributed by atoms with Crippen molar-refractivity contribution in [2.75, 3.05) is 7.11 Å². The number of methoxy groups -OCH3 is 1. The number of aromatic nitrogens is 2. The summed E-state index contributed by atoms with van der Waals surface area (Å²) in [6, 6.07) is -0.105. The summed E-state index contributed by atoms with van der Waals surface area (Å²) in [6.45, 7) is 8.87. The lowest BCUT2D eigenvalue weighted by atomic mass is 9.90. The van der Waals surface area contributed by atoms with Crippen LogP contribution in [-0.2, 0) is 17.7 Å². The Bertz CT molecular complexity index is 399. The molecular weight excluding hydrogens is 250 g/mol. The molecule has 0 aliphatic heterocycles. The summed E-state index contributed by atoms with van der Waals surface area (Å²) >= 11 is 6.29. The summed E-state index contributed by atoms with van der Waals surface area (Å²) in [5, 5.41) is 5.13. The molecule has 0 saturated heterocycles. The molecule has 2 N–H and O–H groups in total. The van der Waals surface area contributed by atoms with Crippen molar-refractivity contribution in [2.45, 2.75) is 58.7 Å². The van der Waals surface area contributed by atoms with Gasteiger partial charge in [0.15, 0.2) is 0 Å². The smallest absolute Gasteiger partial charge is 0.0847 e. The van der Waals surface area contributed by atoms with Crippen LogP contribution < -0.4 is 5.73 Å². The Morgan fingerprint density at radius 1 is 1.50 bits per heavy atom.